The van der Waals surface area contributed by atoms with E-state index in [4.69, 9.17) is 9.16 Å². The van der Waals surface area contributed by atoms with Crippen LogP contribution in [0, 0.1) is 0 Å². The number of ether oxygens (including phenoxy) is 1. The molecule has 0 heterocycles. The van der Waals surface area contributed by atoms with E-state index in [1.54, 1.807) is 0 Å². The smallest absolute Gasteiger partial charge is 0.192 e. The molecule has 0 aliphatic rings. The van der Waals surface area contributed by atoms with Gasteiger partial charge in [-0.15, -0.1) is 0 Å². The minimum atomic E-state index is -1.73. The number of ketones is 1. The number of Topliss-reactive ketones (excluding diaryl/α,β-unsaturated/α-hetero) is 1. The van der Waals surface area contributed by atoms with Crippen LogP contribution in [0.1, 0.15) is 43.1 Å². The summed E-state index contributed by atoms with van der Waals surface area (Å²) in [4.78, 5) is 12.3. The maximum Gasteiger partial charge on any atom is 0.192 e. The van der Waals surface area contributed by atoms with Crippen molar-refractivity contribution in [3.63, 3.8) is 0 Å². The quantitative estimate of drug-likeness (QED) is 0.307. The third-order valence-electron chi connectivity index (χ3n) is 5.28. The Morgan fingerprint density at radius 2 is 1.56 bits per heavy atom. The van der Waals surface area contributed by atoms with Crippen LogP contribution in [0.3, 0.4) is 0 Å². The fraction of sp³-hybridized carbons (Fsp3) is 0.435. The Labute approximate surface area is 164 Å². The van der Waals surface area contributed by atoms with Crippen molar-refractivity contribution in [1.82, 2.24) is 0 Å². The zero-order chi connectivity index (χ0) is 19.9. The summed E-state index contributed by atoms with van der Waals surface area (Å²) < 4.78 is 11.9. The number of carbonyl (C=O) groups is 1. The predicted molar refractivity (Wildman–Crippen MR) is 114 cm³/mol. The Balaban J connectivity index is 1.77. The molecule has 146 valence electrons. The fourth-order valence-corrected chi connectivity index (χ4v) is 3.48. The number of benzene rings is 2. The molecule has 0 amide bonds. The van der Waals surface area contributed by atoms with Crippen LogP contribution in [0.15, 0.2) is 54.6 Å². The summed E-state index contributed by atoms with van der Waals surface area (Å²) in [5.41, 5.74) is 1.92. The summed E-state index contributed by atoms with van der Waals surface area (Å²) in [5, 5.41) is 0.203. The number of hydrogen-bond acceptors (Lipinski definition) is 3. The summed E-state index contributed by atoms with van der Waals surface area (Å²) in [6, 6.07) is 17.5. The van der Waals surface area contributed by atoms with Crippen LogP contribution < -0.4 is 4.74 Å². The molecule has 4 heteroatoms. The van der Waals surface area contributed by atoms with Crippen LogP contribution in [0.2, 0.25) is 18.1 Å². The average molecular weight is 385 g/mol. The molecule has 0 fully saturated rings. The van der Waals surface area contributed by atoms with Crippen molar-refractivity contribution in [1.29, 1.82) is 0 Å². The molecule has 0 aromatic heterocycles. The Morgan fingerprint density at radius 1 is 0.926 bits per heavy atom. The lowest BCUT2D eigenvalue weighted by Crippen LogP contribution is -2.41. The highest BCUT2D eigenvalue weighted by Crippen LogP contribution is 2.36. The SMILES string of the molecule is CC(C)(C)[Si](C)(C)OCCOc1ccc(C(=O)CCc2ccccc2)cc1. The van der Waals surface area contributed by atoms with E-state index in [0.717, 1.165) is 17.7 Å². The molecule has 2 aromatic carbocycles. The van der Waals surface area contributed by atoms with Gasteiger partial charge in [-0.1, -0.05) is 51.1 Å². The van der Waals surface area contributed by atoms with E-state index >= 15 is 0 Å². The molecule has 0 saturated heterocycles. The predicted octanol–water partition coefficient (Wildman–Crippen LogP) is 5.90. The highest BCUT2D eigenvalue weighted by atomic mass is 28.4. The summed E-state index contributed by atoms with van der Waals surface area (Å²) in [6.45, 7) is 12.3. The minimum absolute atomic E-state index is 0.159. The molecule has 0 aliphatic carbocycles. The molecular weight excluding hydrogens is 352 g/mol. The van der Waals surface area contributed by atoms with Gasteiger partial charge in [-0.25, -0.2) is 0 Å². The van der Waals surface area contributed by atoms with Crippen molar-refractivity contribution < 1.29 is 14.0 Å². The third-order valence-corrected chi connectivity index (χ3v) is 9.82. The molecule has 0 bridgehead atoms. The van der Waals surface area contributed by atoms with E-state index in [9.17, 15) is 4.79 Å². The first-order valence-electron chi connectivity index (χ1n) is 9.63. The van der Waals surface area contributed by atoms with E-state index in [1.165, 1.54) is 5.56 Å². The average Bonchev–Trinajstić information content (AvgIpc) is 2.64. The largest absolute Gasteiger partial charge is 0.491 e. The van der Waals surface area contributed by atoms with Crippen LogP contribution in [-0.2, 0) is 10.8 Å². The monoisotopic (exact) mass is 384 g/mol. The van der Waals surface area contributed by atoms with Gasteiger partial charge in [-0.2, -0.15) is 0 Å². The van der Waals surface area contributed by atoms with Crippen molar-refractivity contribution in [2.45, 2.75) is 51.7 Å². The molecule has 0 unspecified atom stereocenters. The highest BCUT2D eigenvalue weighted by Gasteiger charge is 2.36. The van der Waals surface area contributed by atoms with Crippen molar-refractivity contribution >= 4 is 14.1 Å². The first-order valence-corrected chi connectivity index (χ1v) is 12.5. The number of carbonyl (C=O) groups excluding carboxylic acids is 1. The van der Waals surface area contributed by atoms with Crippen LogP contribution in [0.25, 0.3) is 0 Å². The fourth-order valence-electron chi connectivity index (χ4n) is 2.46. The summed E-state index contributed by atoms with van der Waals surface area (Å²) >= 11 is 0. The molecule has 0 radical (unpaired) electrons. The number of hydrogen-bond donors (Lipinski definition) is 0. The van der Waals surface area contributed by atoms with Gasteiger partial charge in [0.15, 0.2) is 14.1 Å². The minimum Gasteiger partial charge on any atom is -0.491 e. The Kier molecular flexibility index (Phi) is 7.39. The van der Waals surface area contributed by atoms with Gasteiger partial charge in [-0.3, -0.25) is 4.79 Å². The highest BCUT2D eigenvalue weighted by molar-refractivity contribution is 6.74. The summed E-state index contributed by atoms with van der Waals surface area (Å²) in [5.74, 6) is 0.931. The second-order valence-electron chi connectivity index (χ2n) is 8.39. The second-order valence-corrected chi connectivity index (χ2v) is 13.2. The van der Waals surface area contributed by atoms with Crippen LogP contribution in [0.4, 0.5) is 0 Å². The van der Waals surface area contributed by atoms with Crippen LogP contribution in [0.5, 0.6) is 5.75 Å². The van der Waals surface area contributed by atoms with Gasteiger partial charge in [0.05, 0.1) is 6.61 Å². The topological polar surface area (TPSA) is 35.5 Å². The Morgan fingerprint density at radius 3 is 2.15 bits per heavy atom. The molecule has 3 nitrogen and oxygen atoms in total. The van der Waals surface area contributed by atoms with Crippen molar-refractivity contribution in [2.24, 2.45) is 0 Å². The standard InChI is InChI=1S/C23H32O3Si/c1-23(2,3)27(4,5)26-18-17-25-21-14-12-20(13-15-21)22(24)16-11-19-9-7-6-8-10-19/h6-10,12-15H,11,16-18H2,1-5H3. The van der Waals surface area contributed by atoms with E-state index in [1.807, 2.05) is 42.5 Å². The maximum absolute atomic E-state index is 12.3. The third kappa shape index (κ3) is 6.63. The van der Waals surface area contributed by atoms with Crippen molar-refractivity contribution in [3.8, 4) is 5.75 Å². The lowest BCUT2D eigenvalue weighted by atomic mass is 10.0. The number of rotatable bonds is 9. The maximum atomic E-state index is 12.3. The molecule has 0 spiro atoms. The normalized spacial score (nSPS) is 12.0. The van der Waals surface area contributed by atoms with Gasteiger partial charge >= 0.3 is 0 Å². The first kappa shape index (κ1) is 21.4. The van der Waals surface area contributed by atoms with E-state index in [-0.39, 0.29) is 10.8 Å². The van der Waals surface area contributed by atoms with Crippen molar-refractivity contribution in [3.05, 3.63) is 65.7 Å². The molecule has 2 rings (SSSR count). The summed E-state index contributed by atoms with van der Waals surface area (Å²) in [6.07, 6.45) is 1.29. The van der Waals surface area contributed by atoms with Crippen molar-refractivity contribution in [2.75, 3.05) is 13.2 Å². The number of aryl methyl sites for hydroxylation is 1. The Hall–Kier alpha value is -1.91. The van der Waals surface area contributed by atoms with E-state index < -0.39 is 8.32 Å². The molecule has 0 aliphatic heterocycles. The van der Waals surface area contributed by atoms with Crippen LogP contribution in [-0.4, -0.2) is 27.3 Å². The molecule has 27 heavy (non-hydrogen) atoms. The van der Waals surface area contributed by atoms with Gasteiger partial charge in [0, 0.05) is 12.0 Å². The van der Waals surface area contributed by atoms with Gasteiger partial charge in [0.25, 0.3) is 0 Å². The lowest BCUT2D eigenvalue weighted by Gasteiger charge is -2.36. The molecule has 2 aromatic rings. The van der Waals surface area contributed by atoms with E-state index in [2.05, 4.69) is 46.0 Å². The van der Waals surface area contributed by atoms with Crippen LogP contribution >= 0.6 is 0 Å². The molecule has 0 saturated carbocycles. The first-order chi connectivity index (χ1) is 12.7. The van der Waals surface area contributed by atoms with Gasteiger partial charge in [0.1, 0.15) is 12.4 Å². The Bertz CT molecular complexity index is 716. The zero-order valence-corrected chi connectivity index (χ0v) is 18.2. The second kappa shape index (κ2) is 9.33. The molecule has 0 atom stereocenters. The van der Waals surface area contributed by atoms with E-state index in [0.29, 0.717) is 19.6 Å². The van der Waals surface area contributed by atoms with Gasteiger partial charge in [-0.05, 0) is 54.4 Å². The van der Waals surface area contributed by atoms with Gasteiger partial charge < -0.3 is 9.16 Å². The lowest BCUT2D eigenvalue weighted by molar-refractivity contribution is 0.0982. The van der Waals surface area contributed by atoms with Gasteiger partial charge in [0.2, 0.25) is 0 Å². The summed E-state index contributed by atoms with van der Waals surface area (Å²) in [7, 11) is -1.73. The molecular formula is C23H32O3Si. The molecule has 0 N–H and O–H groups in total. The zero-order valence-electron chi connectivity index (χ0n) is 17.2.